The number of fused-ring (bicyclic) bond motifs is 1. The number of anilines is 1. The molecule has 34 heavy (non-hydrogen) atoms. The van der Waals surface area contributed by atoms with E-state index in [-0.39, 0.29) is 11.4 Å². The van der Waals surface area contributed by atoms with Gasteiger partial charge in [0, 0.05) is 6.54 Å². The van der Waals surface area contributed by atoms with Crippen LogP contribution < -0.4 is 10.1 Å². The predicted octanol–water partition coefficient (Wildman–Crippen LogP) is 5.22. The topological polar surface area (TPSA) is 75.7 Å². The molecule has 0 saturated carbocycles. The van der Waals surface area contributed by atoms with Gasteiger partial charge in [-0.3, -0.25) is 0 Å². The van der Waals surface area contributed by atoms with Crippen molar-refractivity contribution in [3.8, 4) is 5.75 Å². The van der Waals surface area contributed by atoms with Crippen LogP contribution in [-0.2, 0) is 16.6 Å². The molecule has 4 aromatic rings. The Morgan fingerprint density at radius 2 is 1.41 bits per heavy atom. The maximum absolute atomic E-state index is 13.6. The number of ether oxygens (including phenoxy) is 1. The van der Waals surface area contributed by atoms with Crippen molar-refractivity contribution in [1.29, 1.82) is 0 Å². The molecule has 1 heterocycles. The van der Waals surface area contributed by atoms with Crippen molar-refractivity contribution >= 4 is 21.7 Å². The Morgan fingerprint density at radius 1 is 0.794 bits per heavy atom. The van der Waals surface area contributed by atoms with Crippen LogP contribution in [0.2, 0.25) is 0 Å². The molecule has 0 saturated heterocycles. The quantitative estimate of drug-likeness (QED) is 0.320. The lowest BCUT2D eigenvalue weighted by molar-refractivity contribution is 0.0734. The molecular weight excluding hydrogens is 448 g/mol. The van der Waals surface area contributed by atoms with Crippen molar-refractivity contribution in [2.24, 2.45) is 0 Å². The lowest BCUT2D eigenvalue weighted by Gasteiger charge is -2.37. The van der Waals surface area contributed by atoms with Crippen molar-refractivity contribution in [2.75, 3.05) is 5.32 Å². The van der Waals surface area contributed by atoms with Gasteiger partial charge in [0.1, 0.15) is 16.8 Å². The number of esters is 1. The molecule has 170 valence electrons. The third-order valence-corrected chi connectivity index (χ3v) is 7.52. The molecule has 0 bridgehead atoms. The van der Waals surface area contributed by atoms with E-state index < -0.39 is 22.2 Å². The van der Waals surface area contributed by atoms with Crippen molar-refractivity contribution < 1.29 is 17.9 Å². The van der Waals surface area contributed by atoms with E-state index in [1.165, 1.54) is 4.31 Å². The highest BCUT2D eigenvalue weighted by atomic mass is 32.2. The minimum absolute atomic E-state index is 0.208. The molecule has 1 aliphatic rings. The summed E-state index contributed by atoms with van der Waals surface area (Å²) in [6.45, 7) is 0.208. The Kier molecular flexibility index (Phi) is 5.88. The number of nitrogens with zero attached hydrogens (tertiary/aromatic N) is 1. The second-order valence-corrected chi connectivity index (χ2v) is 9.76. The molecule has 1 unspecified atom stereocenters. The van der Waals surface area contributed by atoms with E-state index in [2.05, 4.69) is 5.32 Å². The van der Waals surface area contributed by atoms with Crippen molar-refractivity contribution in [2.45, 2.75) is 17.6 Å². The Bertz CT molecular complexity index is 1410. The van der Waals surface area contributed by atoms with Crippen molar-refractivity contribution in [3.05, 3.63) is 126 Å². The number of benzene rings is 4. The molecule has 1 aliphatic heterocycles. The van der Waals surface area contributed by atoms with Gasteiger partial charge in [0.25, 0.3) is 0 Å². The zero-order valence-electron chi connectivity index (χ0n) is 18.2. The molecule has 0 aliphatic carbocycles. The number of sulfonamides is 1. The molecule has 1 N–H and O–H groups in total. The first-order chi connectivity index (χ1) is 16.5. The van der Waals surface area contributed by atoms with E-state index >= 15 is 0 Å². The summed E-state index contributed by atoms with van der Waals surface area (Å²) in [4.78, 5) is 12.6. The van der Waals surface area contributed by atoms with Gasteiger partial charge in [-0.05, 0) is 47.5 Å². The van der Waals surface area contributed by atoms with E-state index in [0.29, 0.717) is 17.0 Å². The molecule has 0 spiro atoms. The zero-order chi connectivity index (χ0) is 23.5. The SMILES string of the molecule is O=C(Oc1ccc(C2Nc3ccccc3S(=O)(=O)N2Cc2ccccc2)cc1)c1ccccc1. The first kappa shape index (κ1) is 21.9. The Morgan fingerprint density at radius 3 is 2.12 bits per heavy atom. The van der Waals surface area contributed by atoms with Crippen molar-refractivity contribution in [3.63, 3.8) is 0 Å². The molecule has 0 radical (unpaired) electrons. The summed E-state index contributed by atoms with van der Waals surface area (Å²) < 4.78 is 34.1. The number of carbonyl (C=O) groups excluding carboxylic acids is 1. The van der Waals surface area contributed by atoms with Gasteiger partial charge in [0.2, 0.25) is 10.0 Å². The van der Waals surface area contributed by atoms with Gasteiger partial charge in [-0.15, -0.1) is 0 Å². The fraction of sp³-hybridized carbons (Fsp3) is 0.0741. The normalized spacial score (nSPS) is 16.8. The van der Waals surface area contributed by atoms with Gasteiger partial charge in [0.15, 0.2) is 0 Å². The average Bonchev–Trinajstić information content (AvgIpc) is 2.87. The Hall–Kier alpha value is -3.94. The van der Waals surface area contributed by atoms with Crippen molar-refractivity contribution in [1.82, 2.24) is 4.31 Å². The minimum Gasteiger partial charge on any atom is -0.423 e. The van der Waals surface area contributed by atoms with Gasteiger partial charge in [-0.25, -0.2) is 13.2 Å². The van der Waals surface area contributed by atoms with Crippen LogP contribution in [-0.4, -0.2) is 18.7 Å². The van der Waals surface area contributed by atoms with E-state index in [1.807, 2.05) is 36.4 Å². The predicted molar refractivity (Wildman–Crippen MR) is 130 cm³/mol. The van der Waals surface area contributed by atoms with Crippen LogP contribution in [0.3, 0.4) is 0 Å². The van der Waals surface area contributed by atoms with E-state index in [4.69, 9.17) is 4.74 Å². The van der Waals surface area contributed by atoms with Crippen LogP contribution in [0.5, 0.6) is 5.75 Å². The first-order valence-corrected chi connectivity index (χ1v) is 12.2. The highest BCUT2D eigenvalue weighted by molar-refractivity contribution is 7.89. The van der Waals surface area contributed by atoms with Gasteiger partial charge in [-0.1, -0.05) is 72.8 Å². The van der Waals surface area contributed by atoms with Gasteiger partial charge in [-0.2, -0.15) is 4.31 Å². The number of rotatable bonds is 5. The summed E-state index contributed by atoms with van der Waals surface area (Å²) in [6.07, 6.45) is -0.626. The van der Waals surface area contributed by atoms with Gasteiger partial charge in [0.05, 0.1) is 11.3 Å². The fourth-order valence-corrected chi connectivity index (χ4v) is 5.62. The summed E-state index contributed by atoms with van der Waals surface area (Å²) in [5, 5.41) is 3.36. The largest absolute Gasteiger partial charge is 0.423 e. The van der Waals surface area contributed by atoms with Crippen LogP contribution in [0.15, 0.2) is 114 Å². The molecule has 0 amide bonds. The first-order valence-electron chi connectivity index (χ1n) is 10.8. The Balaban J connectivity index is 1.46. The summed E-state index contributed by atoms with van der Waals surface area (Å²) in [7, 11) is -3.76. The van der Waals surface area contributed by atoms with Crippen LogP contribution in [0.1, 0.15) is 27.7 Å². The highest BCUT2D eigenvalue weighted by Crippen LogP contribution is 2.39. The standard InChI is InChI=1S/C27H22N2O4S/c30-27(22-11-5-2-6-12-22)33-23-17-15-21(16-18-23)26-28-24-13-7-8-14-25(24)34(31,32)29(26)19-20-9-3-1-4-10-20/h1-18,26,28H,19H2. The third kappa shape index (κ3) is 4.31. The second-order valence-electron chi connectivity index (χ2n) is 7.90. The molecule has 0 aromatic heterocycles. The smallest absolute Gasteiger partial charge is 0.343 e. The number of hydrogen-bond acceptors (Lipinski definition) is 5. The van der Waals surface area contributed by atoms with Crippen LogP contribution in [0.25, 0.3) is 0 Å². The molecule has 0 fully saturated rings. The molecule has 7 heteroatoms. The number of nitrogens with one attached hydrogen (secondary N) is 1. The van der Waals surface area contributed by atoms with E-state index in [0.717, 1.165) is 11.1 Å². The lowest BCUT2D eigenvalue weighted by atomic mass is 10.1. The minimum atomic E-state index is -3.76. The van der Waals surface area contributed by atoms with Crippen LogP contribution in [0, 0.1) is 0 Å². The van der Waals surface area contributed by atoms with Gasteiger partial charge >= 0.3 is 5.97 Å². The monoisotopic (exact) mass is 470 g/mol. The van der Waals surface area contributed by atoms with Gasteiger partial charge < -0.3 is 10.1 Å². The maximum atomic E-state index is 13.6. The summed E-state index contributed by atoms with van der Waals surface area (Å²) in [5.74, 6) is -0.0716. The molecule has 4 aromatic carbocycles. The van der Waals surface area contributed by atoms with Crippen LogP contribution >= 0.6 is 0 Å². The third-order valence-electron chi connectivity index (χ3n) is 5.65. The maximum Gasteiger partial charge on any atom is 0.343 e. The number of para-hydroxylation sites is 1. The Labute approximate surface area is 198 Å². The van der Waals surface area contributed by atoms with E-state index in [1.54, 1.807) is 72.8 Å². The van der Waals surface area contributed by atoms with Crippen LogP contribution in [0.4, 0.5) is 5.69 Å². The average molecular weight is 471 g/mol. The second kappa shape index (κ2) is 9.13. The summed E-state index contributed by atoms with van der Waals surface area (Å²) in [6, 6.07) is 32.0. The summed E-state index contributed by atoms with van der Waals surface area (Å²) >= 11 is 0. The highest BCUT2D eigenvalue weighted by Gasteiger charge is 2.38. The molecule has 1 atom stereocenters. The van der Waals surface area contributed by atoms with E-state index in [9.17, 15) is 13.2 Å². The number of carbonyl (C=O) groups is 1. The number of hydrogen-bond donors (Lipinski definition) is 1. The zero-order valence-corrected chi connectivity index (χ0v) is 19.0. The molecule has 5 rings (SSSR count). The summed E-state index contributed by atoms with van der Waals surface area (Å²) in [5.41, 5.74) is 2.62. The molecule has 6 nitrogen and oxygen atoms in total. The molecular formula is C27H22N2O4S. The fourth-order valence-electron chi connectivity index (χ4n) is 3.94. The lowest BCUT2D eigenvalue weighted by Crippen LogP contribution is -2.42.